The quantitative estimate of drug-likeness (QED) is 0.577. The van der Waals surface area contributed by atoms with E-state index in [1.54, 1.807) is 19.2 Å². The van der Waals surface area contributed by atoms with Crippen LogP contribution in [0.3, 0.4) is 0 Å². The Labute approximate surface area is 166 Å². The zero-order valence-corrected chi connectivity index (χ0v) is 16.7. The fourth-order valence-corrected chi connectivity index (χ4v) is 2.52. The molecule has 1 atom stereocenters. The minimum Gasteiger partial charge on any atom is -0.507 e. The van der Waals surface area contributed by atoms with Crippen molar-refractivity contribution in [2.24, 2.45) is 0 Å². The van der Waals surface area contributed by atoms with Crippen molar-refractivity contribution in [1.82, 2.24) is 5.32 Å². The number of esters is 1. The summed E-state index contributed by atoms with van der Waals surface area (Å²) in [5.41, 5.74) is 1.30. The van der Waals surface area contributed by atoms with Crippen molar-refractivity contribution in [1.29, 1.82) is 0 Å². The van der Waals surface area contributed by atoms with Gasteiger partial charge in [0.2, 0.25) is 0 Å². The van der Waals surface area contributed by atoms with Gasteiger partial charge in [-0.25, -0.2) is 4.79 Å². The molecule has 0 amide bonds. The average Bonchev–Trinajstić information content (AvgIpc) is 2.69. The molecule has 0 aromatic heterocycles. The summed E-state index contributed by atoms with van der Waals surface area (Å²) in [6.45, 7) is 5.35. The van der Waals surface area contributed by atoms with Gasteiger partial charge in [0.25, 0.3) is 0 Å². The number of phenols is 1. The van der Waals surface area contributed by atoms with Gasteiger partial charge in [0.15, 0.2) is 0 Å². The molecule has 0 bridgehead atoms. The highest BCUT2D eigenvalue weighted by Gasteiger charge is 2.19. The van der Waals surface area contributed by atoms with Gasteiger partial charge in [0.05, 0.1) is 6.61 Å². The van der Waals surface area contributed by atoms with Gasteiger partial charge in [-0.05, 0) is 36.2 Å². The molecule has 2 aromatic carbocycles. The predicted molar refractivity (Wildman–Crippen MR) is 108 cm³/mol. The van der Waals surface area contributed by atoms with Crippen LogP contribution in [-0.2, 0) is 15.9 Å². The first kappa shape index (κ1) is 21.7. The molecule has 0 fully saturated rings. The summed E-state index contributed by atoms with van der Waals surface area (Å²) in [5, 5.41) is 13.1. The lowest BCUT2D eigenvalue weighted by atomic mass is 10.1. The SMILES string of the molecule is COCCc1ccc(OCC(CNC(C)C)OC(=O)c2ccccc2O)cc1. The molecule has 2 rings (SSSR count). The number of phenolic OH excluding ortho intramolecular Hbond substituents is 1. The van der Waals surface area contributed by atoms with Crippen molar-refractivity contribution in [3.05, 3.63) is 59.7 Å². The van der Waals surface area contributed by atoms with E-state index in [2.05, 4.69) is 5.32 Å². The fraction of sp³-hybridized carbons (Fsp3) is 0.409. The highest BCUT2D eigenvalue weighted by Crippen LogP contribution is 2.18. The Hall–Kier alpha value is -2.57. The maximum atomic E-state index is 12.4. The lowest BCUT2D eigenvalue weighted by Crippen LogP contribution is -2.38. The van der Waals surface area contributed by atoms with Gasteiger partial charge < -0.3 is 24.6 Å². The molecule has 2 N–H and O–H groups in total. The molecule has 1 unspecified atom stereocenters. The summed E-state index contributed by atoms with van der Waals surface area (Å²) in [7, 11) is 1.68. The van der Waals surface area contributed by atoms with Crippen LogP contribution in [-0.4, -0.2) is 50.1 Å². The zero-order chi connectivity index (χ0) is 20.4. The first-order chi connectivity index (χ1) is 13.5. The summed E-state index contributed by atoms with van der Waals surface area (Å²) in [4.78, 5) is 12.4. The number of carbonyl (C=O) groups is 1. The number of para-hydroxylation sites is 1. The Morgan fingerprint density at radius 1 is 1.11 bits per heavy atom. The molecule has 0 saturated carbocycles. The molecule has 0 aliphatic heterocycles. The number of nitrogens with one attached hydrogen (secondary N) is 1. The van der Waals surface area contributed by atoms with E-state index in [1.165, 1.54) is 17.7 Å². The van der Waals surface area contributed by atoms with Crippen molar-refractivity contribution in [3.63, 3.8) is 0 Å². The topological polar surface area (TPSA) is 77.0 Å². The predicted octanol–water partition coefficient (Wildman–Crippen LogP) is 3.18. The summed E-state index contributed by atoms with van der Waals surface area (Å²) in [6, 6.07) is 14.3. The molecule has 0 aliphatic carbocycles. The number of aromatic hydroxyl groups is 1. The van der Waals surface area contributed by atoms with Crippen molar-refractivity contribution in [2.75, 3.05) is 26.9 Å². The summed E-state index contributed by atoms with van der Waals surface area (Å²) in [6.07, 6.45) is 0.346. The number of hydrogen-bond acceptors (Lipinski definition) is 6. The molecule has 0 saturated heterocycles. The Bertz CT molecular complexity index is 730. The van der Waals surface area contributed by atoms with E-state index in [9.17, 15) is 9.90 Å². The molecule has 0 radical (unpaired) electrons. The molecule has 28 heavy (non-hydrogen) atoms. The van der Waals surface area contributed by atoms with Crippen LogP contribution in [0.2, 0.25) is 0 Å². The van der Waals surface area contributed by atoms with E-state index >= 15 is 0 Å². The molecule has 152 valence electrons. The van der Waals surface area contributed by atoms with Crippen LogP contribution in [0.5, 0.6) is 11.5 Å². The molecule has 2 aromatic rings. The van der Waals surface area contributed by atoms with Gasteiger partial charge in [-0.2, -0.15) is 0 Å². The van der Waals surface area contributed by atoms with Crippen LogP contribution in [0, 0.1) is 0 Å². The molecule has 0 heterocycles. The van der Waals surface area contributed by atoms with Gasteiger partial charge in [-0.1, -0.05) is 38.1 Å². The molecule has 0 aliphatic rings. The van der Waals surface area contributed by atoms with E-state index in [4.69, 9.17) is 14.2 Å². The van der Waals surface area contributed by atoms with Crippen molar-refractivity contribution < 1.29 is 24.1 Å². The number of carbonyl (C=O) groups excluding carboxylic acids is 1. The fourth-order valence-electron chi connectivity index (χ4n) is 2.52. The van der Waals surface area contributed by atoms with Crippen molar-refractivity contribution in [3.8, 4) is 11.5 Å². The van der Waals surface area contributed by atoms with E-state index in [-0.39, 0.29) is 24.0 Å². The van der Waals surface area contributed by atoms with Gasteiger partial charge in [0.1, 0.15) is 29.8 Å². The Morgan fingerprint density at radius 3 is 2.46 bits per heavy atom. The lowest BCUT2D eigenvalue weighted by molar-refractivity contribution is 0.0170. The summed E-state index contributed by atoms with van der Waals surface area (Å²) >= 11 is 0. The second kappa shape index (κ2) is 11.3. The highest BCUT2D eigenvalue weighted by molar-refractivity contribution is 5.92. The van der Waals surface area contributed by atoms with Crippen LogP contribution in [0.15, 0.2) is 48.5 Å². The second-order valence-electron chi connectivity index (χ2n) is 6.81. The van der Waals surface area contributed by atoms with Crippen molar-refractivity contribution in [2.45, 2.75) is 32.4 Å². The minimum absolute atomic E-state index is 0.101. The van der Waals surface area contributed by atoms with E-state index < -0.39 is 12.1 Å². The van der Waals surface area contributed by atoms with Crippen LogP contribution < -0.4 is 10.1 Å². The van der Waals surface area contributed by atoms with Crippen LogP contribution >= 0.6 is 0 Å². The summed E-state index contributed by atoms with van der Waals surface area (Å²) in [5.74, 6) is 0.0251. The normalized spacial score (nSPS) is 12.0. The number of methoxy groups -OCH3 is 1. The maximum absolute atomic E-state index is 12.4. The van der Waals surface area contributed by atoms with E-state index in [0.717, 1.165) is 6.42 Å². The first-order valence-corrected chi connectivity index (χ1v) is 9.42. The van der Waals surface area contributed by atoms with E-state index in [1.807, 2.05) is 38.1 Å². The third-order valence-electron chi connectivity index (χ3n) is 4.11. The van der Waals surface area contributed by atoms with Gasteiger partial charge in [0, 0.05) is 19.7 Å². The third kappa shape index (κ3) is 7.21. The van der Waals surface area contributed by atoms with Crippen LogP contribution in [0.25, 0.3) is 0 Å². The Balaban J connectivity index is 1.96. The standard InChI is InChI=1S/C22H29NO5/c1-16(2)23-14-19(28-22(25)20-6-4-5-7-21(20)24)15-27-18-10-8-17(9-11-18)12-13-26-3/h4-11,16,19,23-24H,12-15H2,1-3H3. The van der Waals surface area contributed by atoms with Crippen LogP contribution in [0.1, 0.15) is 29.8 Å². The van der Waals surface area contributed by atoms with Gasteiger partial charge in [-0.3, -0.25) is 0 Å². The van der Waals surface area contributed by atoms with Crippen LogP contribution in [0.4, 0.5) is 0 Å². The largest absolute Gasteiger partial charge is 0.507 e. The van der Waals surface area contributed by atoms with Gasteiger partial charge in [-0.15, -0.1) is 0 Å². The number of benzene rings is 2. The lowest BCUT2D eigenvalue weighted by Gasteiger charge is -2.20. The maximum Gasteiger partial charge on any atom is 0.342 e. The summed E-state index contributed by atoms with van der Waals surface area (Å²) < 4.78 is 16.5. The zero-order valence-electron chi connectivity index (χ0n) is 16.7. The number of ether oxygens (including phenoxy) is 3. The molecular weight excluding hydrogens is 358 g/mol. The van der Waals surface area contributed by atoms with Gasteiger partial charge >= 0.3 is 5.97 Å². The van der Waals surface area contributed by atoms with Crippen molar-refractivity contribution >= 4 is 5.97 Å². The molecule has 0 spiro atoms. The molecule has 6 heteroatoms. The number of rotatable bonds is 11. The Kier molecular flexibility index (Phi) is 8.78. The first-order valence-electron chi connectivity index (χ1n) is 9.42. The minimum atomic E-state index is -0.577. The Morgan fingerprint density at radius 2 is 1.82 bits per heavy atom. The number of hydrogen-bond donors (Lipinski definition) is 2. The van der Waals surface area contributed by atoms with E-state index in [0.29, 0.717) is 18.9 Å². The average molecular weight is 387 g/mol. The molecular formula is C22H29NO5. The third-order valence-corrected chi connectivity index (χ3v) is 4.11. The highest BCUT2D eigenvalue weighted by atomic mass is 16.6. The smallest absolute Gasteiger partial charge is 0.342 e. The molecule has 6 nitrogen and oxygen atoms in total. The monoisotopic (exact) mass is 387 g/mol. The second-order valence-corrected chi connectivity index (χ2v) is 6.81.